The summed E-state index contributed by atoms with van der Waals surface area (Å²) in [5, 5.41) is 8.95. The maximum absolute atomic E-state index is 8.95. The van der Waals surface area contributed by atoms with Gasteiger partial charge in [-0.1, -0.05) is 26.2 Å². The highest BCUT2D eigenvalue weighted by Gasteiger charge is 2.21. The van der Waals surface area contributed by atoms with Gasteiger partial charge in [0.2, 0.25) is 0 Å². The van der Waals surface area contributed by atoms with Crippen LogP contribution in [-0.4, -0.2) is 35.7 Å². The molecule has 0 aromatic heterocycles. The lowest BCUT2D eigenvalue weighted by Crippen LogP contribution is -2.36. The molecule has 0 bridgehead atoms. The van der Waals surface area contributed by atoms with Crippen LogP contribution in [0.25, 0.3) is 0 Å². The molecule has 1 fully saturated rings. The number of hydrogen-bond donors (Lipinski definition) is 1. The van der Waals surface area contributed by atoms with E-state index in [2.05, 4.69) is 11.8 Å². The molecule has 1 rings (SSSR count). The van der Waals surface area contributed by atoms with Gasteiger partial charge in [-0.05, 0) is 25.8 Å². The number of unbranched alkanes of at least 4 members (excludes halogenated alkanes) is 1. The third-order valence-corrected chi connectivity index (χ3v) is 3.03. The number of aliphatic hydroxyl groups is 1. The van der Waals surface area contributed by atoms with Gasteiger partial charge in [-0.3, -0.25) is 4.90 Å². The smallest absolute Gasteiger partial charge is 0.0558 e. The fraction of sp³-hybridized carbons (Fsp3) is 1.00. The van der Waals surface area contributed by atoms with Crippen molar-refractivity contribution in [1.82, 2.24) is 4.90 Å². The summed E-state index contributed by atoms with van der Waals surface area (Å²) in [7, 11) is 0. The Labute approximate surface area is 81.9 Å². The molecule has 0 unspecified atom stereocenters. The SMILES string of the molecule is CCCCN(CCO)C1CCCC1. The summed E-state index contributed by atoms with van der Waals surface area (Å²) in [6, 6.07) is 0.777. The number of aliphatic hydroxyl groups excluding tert-OH is 1. The molecule has 1 aliphatic carbocycles. The molecule has 0 aromatic carbocycles. The summed E-state index contributed by atoms with van der Waals surface area (Å²) in [5.74, 6) is 0. The molecule has 1 saturated carbocycles. The van der Waals surface area contributed by atoms with E-state index in [1.165, 1.54) is 45.1 Å². The molecule has 0 atom stereocenters. The van der Waals surface area contributed by atoms with Crippen molar-refractivity contribution in [2.45, 2.75) is 51.5 Å². The first-order valence-corrected chi connectivity index (χ1v) is 5.73. The first kappa shape index (κ1) is 11.0. The van der Waals surface area contributed by atoms with Gasteiger partial charge < -0.3 is 5.11 Å². The Morgan fingerprint density at radius 1 is 1.23 bits per heavy atom. The highest BCUT2D eigenvalue weighted by Crippen LogP contribution is 2.23. The van der Waals surface area contributed by atoms with Crippen LogP contribution in [0.5, 0.6) is 0 Å². The second-order valence-corrected chi connectivity index (χ2v) is 4.05. The molecule has 2 nitrogen and oxygen atoms in total. The average molecular weight is 185 g/mol. The molecule has 0 radical (unpaired) electrons. The second kappa shape index (κ2) is 6.39. The monoisotopic (exact) mass is 185 g/mol. The van der Waals surface area contributed by atoms with E-state index in [1.54, 1.807) is 0 Å². The summed E-state index contributed by atoms with van der Waals surface area (Å²) in [5.41, 5.74) is 0. The summed E-state index contributed by atoms with van der Waals surface area (Å²) in [6.45, 7) is 4.61. The third kappa shape index (κ3) is 3.65. The molecule has 0 spiro atoms. The standard InChI is InChI=1S/C11H23NO/c1-2-3-8-12(9-10-13)11-6-4-5-7-11/h11,13H,2-10H2,1H3. The highest BCUT2D eigenvalue weighted by atomic mass is 16.3. The van der Waals surface area contributed by atoms with Crippen LogP contribution in [0.3, 0.4) is 0 Å². The van der Waals surface area contributed by atoms with E-state index < -0.39 is 0 Å². The lowest BCUT2D eigenvalue weighted by molar-refractivity contribution is 0.150. The lowest BCUT2D eigenvalue weighted by Gasteiger charge is -2.27. The molecule has 0 amide bonds. The Hall–Kier alpha value is -0.0800. The summed E-state index contributed by atoms with van der Waals surface area (Å²) in [6.07, 6.45) is 8.01. The third-order valence-electron chi connectivity index (χ3n) is 3.03. The topological polar surface area (TPSA) is 23.5 Å². The molecule has 2 heteroatoms. The minimum atomic E-state index is 0.320. The Balaban J connectivity index is 2.26. The van der Waals surface area contributed by atoms with Gasteiger partial charge in [-0.2, -0.15) is 0 Å². The van der Waals surface area contributed by atoms with Crippen LogP contribution < -0.4 is 0 Å². The van der Waals surface area contributed by atoms with Crippen LogP contribution >= 0.6 is 0 Å². The predicted octanol–water partition coefficient (Wildman–Crippen LogP) is 2.02. The minimum Gasteiger partial charge on any atom is -0.395 e. The van der Waals surface area contributed by atoms with E-state index in [0.717, 1.165) is 12.6 Å². The van der Waals surface area contributed by atoms with Gasteiger partial charge in [-0.15, -0.1) is 0 Å². The zero-order valence-corrected chi connectivity index (χ0v) is 8.84. The van der Waals surface area contributed by atoms with Crippen LogP contribution in [0.1, 0.15) is 45.4 Å². The number of nitrogens with zero attached hydrogens (tertiary/aromatic N) is 1. The van der Waals surface area contributed by atoms with Gasteiger partial charge in [0.25, 0.3) is 0 Å². The number of hydrogen-bond acceptors (Lipinski definition) is 2. The highest BCUT2D eigenvalue weighted by molar-refractivity contribution is 4.77. The van der Waals surface area contributed by atoms with Gasteiger partial charge in [0.1, 0.15) is 0 Å². The molecule has 0 saturated heterocycles. The quantitative estimate of drug-likeness (QED) is 0.684. The van der Waals surface area contributed by atoms with Crippen molar-refractivity contribution in [2.75, 3.05) is 19.7 Å². The van der Waals surface area contributed by atoms with Crippen molar-refractivity contribution in [1.29, 1.82) is 0 Å². The van der Waals surface area contributed by atoms with Crippen molar-refractivity contribution in [3.05, 3.63) is 0 Å². The lowest BCUT2D eigenvalue weighted by atomic mass is 10.2. The van der Waals surface area contributed by atoms with Gasteiger partial charge in [0.05, 0.1) is 6.61 Å². The molecule has 0 aromatic rings. The maximum Gasteiger partial charge on any atom is 0.0558 e. The van der Waals surface area contributed by atoms with Crippen molar-refractivity contribution < 1.29 is 5.11 Å². The zero-order chi connectivity index (χ0) is 9.52. The largest absolute Gasteiger partial charge is 0.395 e. The van der Waals surface area contributed by atoms with Crippen LogP contribution in [0.2, 0.25) is 0 Å². The van der Waals surface area contributed by atoms with Crippen LogP contribution in [-0.2, 0) is 0 Å². The Morgan fingerprint density at radius 3 is 2.46 bits per heavy atom. The summed E-state index contributed by atoms with van der Waals surface area (Å²) in [4.78, 5) is 2.48. The Morgan fingerprint density at radius 2 is 1.92 bits per heavy atom. The maximum atomic E-state index is 8.95. The molecule has 1 N–H and O–H groups in total. The van der Waals surface area contributed by atoms with Crippen molar-refractivity contribution in [2.24, 2.45) is 0 Å². The van der Waals surface area contributed by atoms with Crippen LogP contribution in [0, 0.1) is 0 Å². The van der Waals surface area contributed by atoms with E-state index in [4.69, 9.17) is 5.11 Å². The predicted molar refractivity (Wildman–Crippen MR) is 55.8 cm³/mol. The Bertz CT molecular complexity index is 121. The molecule has 0 aliphatic heterocycles. The van der Waals surface area contributed by atoms with E-state index in [0.29, 0.717) is 6.61 Å². The fourth-order valence-corrected chi connectivity index (χ4v) is 2.24. The second-order valence-electron chi connectivity index (χ2n) is 4.05. The number of rotatable bonds is 6. The van der Waals surface area contributed by atoms with Crippen molar-refractivity contribution >= 4 is 0 Å². The van der Waals surface area contributed by atoms with Gasteiger partial charge in [0.15, 0.2) is 0 Å². The van der Waals surface area contributed by atoms with Crippen molar-refractivity contribution in [3.63, 3.8) is 0 Å². The zero-order valence-electron chi connectivity index (χ0n) is 8.84. The molecular formula is C11H23NO. The van der Waals surface area contributed by atoms with Crippen LogP contribution in [0.15, 0.2) is 0 Å². The normalized spacial score (nSPS) is 18.7. The molecule has 13 heavy (non-hydrogen) atoms. The van der Waals surface area contributed by atoms with E-state index in [1.807, 2.05) is 0 Å². The molecule has 0 heterocycles. The van der Waals surface area contributed by atoms with E-state index in [9.17, 15) is 0 Å². The van der Waals surface area contributed by atoms with Crippen molar-refractivity contribution in [3.8, 4) is 0 Å². The summed E-state index contributed by atoms with van der Waals surface area (Å²) < 4.78 is 0. The average Bonchev–Trinajstić information content (AvgIpc) is 2.65. The van der Waals surface area contributed by atoms with Crippen LogP contribution in [0.4, 0.5) is 0 Å². The molecular weight excluding hydrogens is 162 g/mol. The fourth-order valence-electron chi connectivity index (χ4n) is 2.24. The first-order valence-electron chi connectivity index (χ1n) is 5.73. The van der Waals surface area contributed by atoms with Gasteiger partial charge >= 0.3 is 0 Å². The van der Waals surface area contributed by atoms with E-state index in [-0.39, 0.29) is 0 Å². The van der Waals surface area contributed by atoms with Gasteiger partial charge in [0, 0.05) is 12.6 Å². The first-order chi connectivity index (χ1) is 6.38. The van der Waals surface area contributed by atoms with E-state index >= 15 is 0 Å². The molecule has 78 valence electrons. The minimum absolute atomic E-state index is 0.320. The van der Waals surface area contributed by atoms with Gasteiger partial charge in [-0.25, -0.2) is 0 Å². The Kier molecular flexibility index (Phi) is 5.40. The molecule has 1 aliphatic rings. The summed E-state index contributed by atoms with van der Waals surface area (Å²) >= 11 is 0.